The van der Waals surface area contributed by atoms with Crippen LogP contribution in [0, 0.1) is 12.7 Å². The largest absolute Gasteiger partial charge is 0.451 e. The molecule has 0 saturated heterocycles. The zero-order valence-electron chi connectivity index (χ0n) is 14.4. The van der Waals surface area contributed by atoms with Crippen LogP contribution in [-0.2, 0) is 9.53 Å². The average Bonchev–Trinajstić information content (AvgIpc) is 2.81. The van der Waals surface area contributed by atoms with Gasteiger partial charge in [0.25, 0.3) is 5.91 Å². The van der Waals surface area contributed by atoms with Gasteiger partial charge in [0.2, 0.25) is 0 Å². The van der Waals surface area contributed by atoms with Crippen LogP contribution in [0.4, 0.5) is 9.18 Å². The molecule has 2 rings (SSSR count). The lowest BCUT2D eigenvalue weighted by Gasteiger charge is -2.20. The van der Waals surface area contributed by atoms with Crippen LogP contribution in [0.2, 0.25) is 0 Å². The fourth-order valence-corrected chi connectivity index (χ4v) is 3.30. The molecule has 0 atom stereocenters. The first-order valence-corrected chi connectivity index (χ1v) is 8.37. The molecule has 0 saturated carbocycles. The molecule has 2 N–H and O–H groups in total. The van der Waals surface area contributed by atoms with E-state index in [1.54, 1.807) is 39.8 Å². The van der Waals surface area contributed by atoms with Crippen molar-refractivity contribution in [1.29, 1.82) is 0 Å². The number of amides is 3. The number of halogens is 1. The minimum absolute atomic E-state index is 0.229. The normalized spacial score (nSPS) is 11.2. The van der Waals surface area contributed by atoms with Gasteiger partial charge in [-0.2, -0.15) is 0 Å². The van der Waals surface area contributed by atoms with Gasteiger partial charge in [-0.1, -0.05) is 6.07 Å². The molecule has 134 valence electrons. The van der Waals surface area contributed by atoms with Crippen LogP contribution in [0.3, 0.4) is 0 Å². The first-order valence-electron chi connectivity index (χ1n) is 7.55. The molecular weight excluding hydrogens is 347 g/mol. The second-order valence-electron chi connectivity index (χ2n) is 6.50. The van der Waals surface area contributed by atoms with Crippen molar-refractivity contribution in [2.45, 2.75) is 33.2 Å². The number of rotatable bonds is 3. The van der Waals surface area contributed by atoms with E-state index >= 15 is 0 Å². The van der Waals surface area contributed by atoms with E-state index in [1.807, 2.05) is 0 Å². The van der Waals surface area contributed by atoms with Gasteiger partial charge in [0.15, 0.2) is 6.61 Å². The predicted molar refractivity (Wildman–Crippen MR) is 93.2 cm³/mol. The second-order valence-corrected chi connectivity index (χ2v) is 7.55. The third kappa shape index (κ3) is 4.76. The molecule has 3 amide bonds. The third-order valence-electron chi connectivity index (χ3n) is 3.16. The summed E-state index contributed by atoms with van der Waals surface area (Å²) in [5.74, 6) is -1.90. The Bertz CT molecular complexity index is 839. The molecule has 0 radical (unpaired) electrons. The Hall–Kier alpha value is -2.48. The summed E-state index contributed by atoms with van der Waals surface area (Å²) in [6, 6.07) is 3.91. The first-order chi connectivity index (χ1) is 11.6. The van der Waals surface area contributed by atoms with Gasteiger partial charge in [0.1, 0.15) is 10.7 Å². The first kappa shape index (κ1) is 18.9. The standard InChI is InChI=1S/C17H19FN2O4S/c1-9-13-10(18)6-5-7-11(13)25-14(9)15(22)24-8-12(21)19-16(23)20-17(2,3)4/h5-7H,8H2,1-4H3,(H2,19,20,21,23). The van der Waals surface area contributed by atoms with Gasteiger partial charge < -0.3 is 10.1 Å². The summed E-state index contributed by atoms with van der Waals surface area (Å²) in [7, 11) is 0. The van der Waals surface area contributed by atoms with Crippen LogP contribution >= 0.6 is 11.3 Å². The summed E-state index contributed by atoms with van der Waals surface area (Å²) < 4.78 is 19.4. The van der Waals surface area contributed by atoms with Crippen molar-refractivity contribution in [1.82, 2.24) is 10.6 Å². The highest BCUT2D eigenvalue weighted by atomic mass is 32.1. The van der Waals surface area contributed by atoms with Crippen molar-refractivity contribution in [2.75, 3.05) is 6.61 Å². The van der Waals surface area contributed by atoms with E-state index in [9.17, 15) is 18.8 Å². The van der Waals surface area contributed by atoms with Crippen LogP contribution in [0.25, 0.3) is 10.1 Å². The van der Waals surface area contributed by atoms with Crippen LogP contribution in [0.15, 0.2) is 18.2 Å². The average molecular weight is 366 g/mol. The third-order valence-corrected chi connectivity index (χ3v) is 4.40. The van der Waals surface area contributed by atoms with E-state index in [0.717, 1.165) is 11.3 Å². The fourth-order valence-electron chi connectivity index (χ4n) is 2.18. The van der Waals surface area contributed by atoms with Crippen molar-refractivity contribution in [3.63, 3.8) is 0 Å². The lowest BCUT2D eigenvalue weighted by Crippen LogP contribution is -2.49. The molecule has 0 spiro atoms. The molecule has 0 aliphatic carbocycles. The molecular formula is C17H19FN2O4S. The fraction of sp³-hybridized carbons (Fsp3) is 0.353. The predicted octanol–water partition coefficient (Wildman–Crippen LogP) is 3.13. The summed E-state index contributed by atoms with van der Waals surface area (Å²) in [5, 5.41) is 4.99. The summed E-state index contributed by atoms with van der Waals surface area (Å²) in [5.41, 5.74) is -0.0340. The number of aryl methyl sites for hydroxylation is 1. The highest BCUT2D eigenvalue weighted by Gasteiger charge is 2.21. The summed E-state index contributed by atoms with van der Waals surface area (Å²) in [6.45, 7) is 6.31. The lowest BCUT2D eigenvalue weighted by molar-refractivity contribution is -0.123. The summed E-state index contributed by atoms with van der Waals surface area (Å²) in [6.07, 6.45) is 0. The molecule has 6 nitrogen and oxygen atoms in total. The number of carbonyl (C=O) groups excluding carboxylic acids is 3. The Morgan fingerprint density at radius 1 is 1.24 bits per heavy atom. The smallest absolute Gasteiger partial charge is 0.349 e. The number of hydrogen-bond donors (Lipinski definition) is 2. The van der Waals surface area contributed by atoms with Gasteiger partial charge in [-0.15, -0.1) is 11.3 Å². The molecule has 8 heteroatoms. The summed E-state index contributed by atoms with van der Waals surface area (Å²) >= 11 is 1.09. The van der Waals surface area contributed by atoms with Crippen LogP contribution in [0.1, 0.15) is 36.0 Å². The maximum atomic E-state index is 13.9. The zero-order valence-corrected chi connectivity index (χ0v) is 15.2. The molecule has 0 aliphatic heterocycles. The number of thiophene rings is 1. The Morgan fingerprint density at radius 2 is 1.92 bits per heavy atom. The number of imide groups is 1. The Balaban J connectivity index is 1.99. The molecule has 0 fully saturated rings. The van der Waals surface area contributed by atoms with Crippen LogP contribution in [0.5, 0.6) is 0 Å². The topological polar surface area (TPSA) is 84.5 Å². The number of urea groups is 1. The van der Waals surface area contributed by atoms with Crippen LogP contribution in [-0.4, -0.2) is 30.1 Å². The lowest BCUT2D eigenvalue weighted by atomic mass is 10.1. The minimum Gasteiger partial charge on any atom is -0.451 e. The van der Waals surface area contributed by atoms with Crippen molar-refractivity contribution in [3.8, 4) is 0 Å². The quantitative estimate of drug-likeness (QED) is 0.818. The molecule has 1 aromatic carbocycles. The number of hydrogen-bond acceptors (Lipinski definition) is 5. The molecule has 0 bridgehead atoms. The Labute approximate surface area is 148 Å². The minimum atomic E-state index is -0.750. The van der Waals surface area contributed by atoms with E-state index in [4.69, 9.17) is 4.74 Å². The van der Waals surface area contributed by atoms with Crippen molar-refractivity contribution >= 4 is 39.3 Å². The Kier molecular flexibility index (Phi) is 5.42. The highest BCUT2D eigenvalue weighted by Crippen LogP contribution is 2.32. The number of carbonyl (C=O) groups is 3. The van der Waals surface area contributed by atoms with Crippen molar-refractivity contribution in [2.24, 2.45) is 0 Å². The number of benzene rings is 1. The number of esters is 1. The number of fused-ring (bicyclic) bond motifs is 1. The van der Waals surface area contributed by atoms with Crippen molar-refractivity contribution < 1.29 is 23.5 Å². The van der Waals surface area contributed by atoms with E-state index in [-0.39, 0.29) is 4.88 Å². The van der Waals surface area contributed by atoms with Gasteiger partial charge in [0, 0.05) is 15.6 Å². The summed E-state index contributed by atoms with van der Waals surface area (Å²) in [4.78, 5) is 35.6. The molecule has 1 aromatic heterocycles. The van der Waals surface area contributed by atoms with Gasteiger partial charge in [0.05, 0.1) is 0 Å². The van der Waals surface area contributed by atoms with Gasteiger partial charge in [-0.25, -0.2) is 14.0 Å². The van der Waals surface area contributed by atoms with Gasteiger partial charge in [-0.3, -0.25) is 10.1 Å². The van der Waals surface area contributed by atoms with E-state index in [1.165, 1.54) is 6.07 Å². The van der Waals surface area contributed by atoms with E-state index in [2.05, 4.69) is 10.6 Å². The monoisotopic (exact) mass is 366 g/mol. The molecule has 0 unspecified atom stereocenters. The van der Waals surface area contributed by atoms with Gasteiger partial charge >= 0.3 is 12.0 Å². The Morgan fingerprint density at radius 3 is 2.52 bits per heavy atom. The van der Waals surface area contributed by atoms with E-state index in [0.29, 0.717) is 15.6 Å². The molecule has 25 heavy (non-hydrogen) atoms. The highest BCUT2D eigenvalue weighted by molar-refractivity contribution is 7.21. The maximum absolute atomic E-state index is 13.9. The number of ether oxygens (including phenoxy) is 1. The van der Waals surface area contributed by atoms with E-state index < -0.39 is 35.9 Å². The van der Waals surface area contributed by atoms with Gasteiger partial charge in [-0.05, 0) is 45.4 Å². The SMILES string of the molecule is Cc1c(C(=O)OCC(=O)NC(=O)NC(C)(C)C)sc2cccc(F)c12. The maximum Gasteiger partial charge on any atom is 0.349 e. The van der Waals surface area contributed by atoms with Crippen LogP contribution < -0.4 is 10.6 Å². The van der Waals surface area contributed by atoms with Crippen molar-refractivity contribution in [3.05, 3.63) is 34.5 Å². The molecule has 1 heterocycles. The second kappa shape index (κ2) is 7.18. The number of nitrogens with one attached hydrogen (secondary N) is 2. The molecule has 0 aliphatic rings. The zero-order chi connectivity index (χ0) is 18.8. The molecule has 2 aromatic rings.